The van der Waals surface area contributed by atoms with E-state index in [0.717, 1.165) is 15.6 Å². The van der Waals surface area contributed by atoms with Crippen molar-refractivity contribution in [3.8, 4) is 5.75 Å². The number of hydrogen-bond donors (Lipinski definition) is 1. The van der Waals surface area contributed by atoms with Gasteiger partial charge in [-0.3, -0.25) is 9.69 Å². The van der Waals surface area contributed by atoms with E-state index in [4.69, 9.17) is 21.4 Å². The molecule has 0 radical (unpaired) electrons. The van der Waals surface area contributed by atoms with E-state index in [1.807, 2.05) is 30.3 Å². The van der Waals surface area contributed by atoms with Crippen LogP contribution in [0.4, 0.5) is 5.69 Å². The van der Waals surface area contributed by atoms with E-state index in [1.165, 1.54) is 28.8 Å². The monoisotopic (exact) mass is 556 g/mol. The van der Waals surface area contributed by atoms with Gasteiger partial charge in [0.2, 0.25) is 0 Å². The van der Waals surface area contributed by atoms with Gasteiger partial charge in [0, 0.05) is 11.5 Å². The lowest BCUT2D eigenvalue weighted by atomic mass is 10.2. The number of halogens is 2. The molecule has 0 bridgehead atoms. The highest BCUT2D eigenvalue weighted by atomic mass is 79.9. The summed E-state index contributed by atoms with van der Waals surface area (Å²) in [5.74, 6) is -0.630. The Hall–Kier alpha value is -3.07. The second-order valence-electron chi connectivity index (χ2n) is 7.33. The number of thioether (sulfide) groups is 1. The maximum absolute atomic E-state index is 12.7. The molecule has 1 fully saturated rings. The van der Waals surface area contributed by atoms with Crippen molar-refractivity contribution < 1.29 is 19.4 Å². The van der Waals surface area contributed by atoms with Crippen LogP contribution in [-0.4, -0.2) is 34.1 Å². The Balaban J connectivity index is 1.47. The number of amides is 1. The van der Waals surface area contributed by atoms with Crippen molar-refractivity contribution in [1.29, 1.82) is 0 Å². The molecule has 0 unspecified atom stereocenters. The number of carbonyl (C=O) groups is 2. The van der Waals surface area contributed by atoms with Gasteiger partial charge in [-0.2, -0.15) is 0 Å². The zero-order chi connectivity index (χ0) is 24.2. The molecule has 1 aliphatic rings. The van der Waals surface area contributed by atoms with Gasteiger partial charge in [0.25, 0.3) is 5.91 Å². The summed E-state index contributed by atoms with van der Waals surface area (Å²) in [6, 6.07) is 19.4. The second-order valence-corrected chi connectivity index (χ2v) is 9.66. The maximum atomic E-state index is 12.7. The molecule has 0 aliphatic carbocycles. The van der Waals surface area contributed by atoms with Gasteiger partial charge in [-0.15, -0.1) is 0 Å². The van der Waals surface area contributed by atoms with Crippen molar-refractivity contribution in [2.75, 3.05) is 7.05 Å². The van der Waals surface area contributed by atoms with Crippen LogP contribution in [0.1, 0.15) is 21.5 Å². The summed E-state index contributed by atoms with van der Waals surface area (Å²) in [5.41, 5.74) is 2.51. The fourth-order valence-electron chi connectivity index (χ4n) is 3.06. The zero-order valence-corrected chi connectivity index (χ0v) is 21.0. The molecule has 1 amide bonds. The first-order valence-electron chi connectivity index (χ1n) is 10.1. The topological polar surface area (TPSA) is 79.2 Å². The summed E-state index contributed by atoms with van der Waals surface area (Å²) in [5, 5.41) is 9.97. The molecular weight excluding hydrogens is 540 g/mol. The quantitative estimate of drug-likeness (QED) is 0.345. The van der Waals surface area contributed by atoms with Crippen molar-refractivity contribution in [2.45, 2.75) is 6.61 Å². The number of carbonyl (C=O) groups excluding carboxylic acids is 1. The van der Waals surface area contributed by atoms with E-state index in [2.05, 4.69) is 20.9 Å². The van der Waals surface area contributed by atoms with Crippen LogP contribution < -0.4 is 4.74 Å². The SMILES string of the molecule is CN1C(=O)C(=Cc2ccc(OCc3ccc(Br)cc3)c(Cl)c2)SC1=Nc1ccc(C(=O)O)cc1. The highest BCUT2D eigenvalue weighted by Crippen LogP contribution is 2.34. The smallest absolute Gasteiger partial charge is 0.335 e. The van der Waals surface area contributed by atoms with Gasteiger partial charge >= 0.3 is 5.97 Å². The summed E-state index contributed by atoms with van der Waals surface area (Å²) in [6.45, 7) is 0.389. The number of amidine groups is 1. The number of ether oxygens (including phenoxy) is 1. The lowest BCUT2D eigenvalue weighted by molar-refractivity contribution is -0.121. The number of carboxylic acid groups (broad SMARTS) is 1. The van der Waals surface area contributed by atoms with Gasteiger partial charge in [0.1, 0.15) is 12.4 Å². The molecule has 3 aromatic rings. The number of carboxylic acids is 1. The van der Waals surface area contributed by atoms with Crippen molar-refractivity contribution >= 4 is 68.1 Å². The number of benzene rings is 3. The standard InChI is InChI=1S/C25H18BrClN2O4S/c1-29-23(30)22(34-25(29)28-19-9-5-17(6-10-19)24(31)32)13-16-4-11-21(20(27)12-16)33-14-15-2-7-18(26)8-3-15/h2-13H,14H2,1H3,(H,31,32). The average molecular weight is 558 g/mol. The summed E-state index contributed by atoms with van der Waals surface area (Å²) in [6.07, 6.45) is 1.75. The van der Waals surface area contributed by atoms with Crippen LogP contribution in [0.2, 0.25) is 5.02 Å². The number of aliphatic imine (C=N–C) groups is 1. The first-order chi connectivity index (χ1) is 16.3. The molecule has 0 aromatic heterocycles. The number of nitrogens with zero attached hydrogens (tertiary/aromatic N) is 2. The van der Waals surface area contributed by atoms with Gasteiger partial charge in [0.05, 0.1) is 21.2 Å². The van der Waals surface area contributed by atoms with Crippen LogP contribution in [-0.2, 0) is 11.4 Å². The summed E-state index contributed by atoms with van der Waals surface area (Å²) in [4.78, 5) is 30.1. The largest absolute Gasteiger partial charge is 0.487 e. The fourth-order valence-corrected chi connectivity index (χ4v) is 4.55. The Morgan fingerprint density at radius 3 is 2.50 bits per heavy atom. The van der Waals surface area contributed by atoms with Gasteiger partial charge in [-0.05, 0) is 77.5 Å². The molecule has 0 saturated carbocycles. The molecule has 0 atom stereocenters. The third-order valence-corrected chi connectivity index (χ3v) is 6.79. The molecule has 9 heteroatoms. The van der Waals surface area contributed by atoms with E-state index in [1.54, 1.807) is 37.4 Å². The van der Waals surface area contributed by atoms with E-state index >= 15 is 0 Å². The average Bonchev–Trinajstić information content (AvgIpc) is 3.07. The zero-order valence-electron chi connectivity index (χ0n) is 17.9. The van der Waals surface area contributed by atoms with E-state index in [0.29, 0.717) is 33.1 Å². The lowest BCUT2D eigenvalue weighted by Gasteiger charge is -2.09. The highest BCUT2D eigenvalue weighted by molar-refractivity contribution is 9.10. The van der Waals surface area contributed by atoms with Crippen LogP contribution in [0.3, 0.4) is 0 Å². The van der Waals surface area contributed by atoms with E-state index < -0.39 is 5.97 Å². The molecule has 1 aliphatic heterocycles. The first kappa shape index (κ1) is 24.1. The van der Waals surface area contributed by atoms with Gasteiger partial charge < -0.3 is 9.84 Å². The molecule has 172 valence electrons. The normalized spacial score (nSPS) is 15.9. The predicted molar refractivity (Wildman–Crippen MR) is 139 cm³/mol. The van der Waals surface area contributed by atoms with Crippen LogP contribution in [0.5, 0.6) is 5.75 Å². The van der Waals surface area contributed by atoms with Crippen LogP contribution >= 0.6 is 39.3 Å². The Morgan fingerprint density at radius 2 is 1.85 bits per heavy atom. The van der Waals surface area contributed by atoms with E-state index in [9.17, 15) is 9.59 Å². The van der Waals surface area contributed by atoms with Crippen molar-refractivity contribution in [2.24, 2.45) is 4.99 Å². The predicted octanol–water partition coefficient (Wildman–Crippen LogP) is 6.61. The number of likely N-dealkylation sites (N-methyl/N-ethyl adjacent to an activating group) is 1. The van der Waals surface area contributed by atoms with Crippen LogP contribution in [0, 0.1) is 0 Å². The molecule has 1 saturated heterocycles. The molecule has 0 spiro atoms. The first-order valence-corrected chi connectivity index (χ1v) is 12.1. The second kappa shape index (κ2) is 10.5. The number of hydrogen-bond acceptors (Lipinski definition) is 5. The minimum Gasteiger partial charge on any atom is -0.487 e. The van der Waals surface area contributed by atoms with Crippen molar-refractivity contribution in [1.82, 2.24) is 4.90 Å². The molecule has 3 aromatic carbocycles. The Bertz CT molecular complexity index is 1310. The van der Waals surface area contributed by atoms with Crippen LogP contribution in [0.25, 0.3) is 6.08 Å². The number of rotatable bonds is 6. The summed E-state index contributed by atoms with van der Waals surface area (Å²) < 4.78 is 6.83. The van der Waals surface area contributed by atoms with Gasteiger partial charge in [-0.25, -0.2) is 9.79 Å². The third kappa shape index (κ3) is 5.70. The highest BCUT2D eigenvalue weighted by Gasteiger charge is 2.30. The Labute approximate surface area is 214 Å². The molecule has 34 heavy (non-hydrogen) atoms. The van der Waals surface area contributed by atoms with Crippen molar-refractivity contribution in [3.05, 3.63) is 97.8 Å². The molecular formula is C25H18BrClN2O4S. The number of aromatic carboxylic acids is 1. The third-order valence-electron chi connectivity index (χ3n) is 4.90. The van der Waals surface area contributed by atoms with Crippen LogP contribution in [0.15, 0.2) is 81.1 Å². The molecule has 1 heterocycles. The maximum Gasteiger partial charge on any atom is 0.335 e. The molecule has 6 nitrogen and oxygen atoms in total. The Kier molecular flexibility index (Phi) is 7.41. The lowest BCUT2D eigenvalue weighted by Crippen LogP contribution is -2.23. The summed E-state index contributed by atoms with van der Waals surface area (Å²) >= 11 is 11.1. The summed E-state index contributed by atoms with van der Waals surface area (Å²) in [7, 11) is 1.65. The van der Waals surface area contributed by atoms with Gasteiger partial charge in [-0.1, -0.05) is 45.7 Å². The molecule has 1 N–H and O–H groups in total. The van der Waals surface area contributed by atoms with E-state index in [-0.39, 0.29) is 11.5 Å². The van der Waals surface area contributed by atoms with Gasteiger partial charge in [0.15, 0.2) is 5.17 Å². The Morgan fingerprint density at radius 1 is 1.15 bits per heavy atom. The van der Waals surface area contributed by atoms with Crippen molar-refractivity contribution in [3.63, 3.8) is 0 Å². The fraction of sp³-hybridized carbons (Fsp3) is 0.0800. The minimum atomic E-state index is -1.00. The minimum absolute atomic E-state index is 0.175. The molecule has 4 rings (SSSR count).